The number of aryl methyl sites for hydroxylation is 1. The van der Waals surface area contributed by atoms with Gasteiger partial charge in [-0.3, -0.25) is 9.58 Å². The average Bonchev–Trinajstić information content (AvgIpc) is 2.87. The number of nitrogens with two attached hydrogens (primary N) is 1. The van der Waals surface area contributed by atoms with Crippen LogP contribution in [0.3, 0.4) is 0 Å². The number of aromatic nitrogens is 2. The highest BCUT2D eigenvalue weighted by Gasteiger charge is 2.20. The zero-order valence-corrected chi connectivity index (χ0v) is 11.8. The van der Waals surface area contributed by atoms with Gasteiger partial charge in [0.05, 0.1) is 18.8 Å². The molecule has 0 spiro atoms. The van der Waals surface area contributed by atoms with Crippen LogP contribution in [0.4, 0.5) is 0 Å². The zero-order valence-electron chi connectivity index (χ0n) is 11.8. The van der Waals surface area contributed by atoms with Crippen LogP contribution >= 0.6 is 0 Å². The molecule has 108 valence electrons. The van der Waals surface area contributed by atoms with Crippen LogP contribution in [0.2, 0.25) is 0 Å². The van der Waals surface area contributed by atoms with Gasteiger partial charge in [0, 0.05) is 38.4 Å². The fourth-order valence-electron chi connectivity index (χ4n) is 2.40. The van der Waals surface area contributed by atoms with Crippen molar-refractivity contribution in [2.24, 2.45) is 12.8 Å². The molecular weight excluding hydrogens is 252 g/mol. The van der Waals surface area contributed by atoms with Crippen molar-refractivity contribution in [3.63, 3.8) is 0 Å². The van der Waals surface area contributed by atoms with Crippen molar-refractivity contribution in [2.45, 2.75) is 12.6 Å². The molecule has 3 N–H and O–H groups in total. The van der Waals surface area contributed by atoms with Gasteiger partial charge in [0.1, 0.15) is 0 Å². The van der Waals surface area contributed by atoms with Crippen molar-refractivity contribution >= 4 is 0 Å². The van der Waals surface area contributed by atoms with Crippen molar-refractivity contribution in [2.75, 3.05) is 19.7 Å². The maximum absolute atomic E-state index is 9.31. The number of rotatable bonds is 7. The van der Waals surface area contributed by atoms with Gasteiger partial charge >= 0.3 is 0 Å². The number of hydrogen-bond donors (Lipinski definition) is 2. The van der Waals surface area contributed by atoms with Gasteiger partial charge in [0.2, 0.25) is 0 Å². The van der Waals surface area contributed by atoms with Gasteiger partial charge in [0.25, 0.3) is 0 Å². The van der Waals surface area contributed by atoms with E-state index in [2.05, 4.69) is 22.1 Å². The van der Waals surface area contributed by atoms with Crippen LogP contribution in [0.15, 0.2) is 42.7 Å². The Labute approximate surface area is 119 Å². The Morgan fingerprint density at radius 1 is 1.35 bits per heavy atom. The highest BCUT2D eigenvalue weighted by atomic mass is 16.3. The molecule has 20 heavy (non-hydrogen) atoms. The lowest BCUT2D eigenvalue weighted by Crippen LogP contribution is -2.35. The lowest BCUT2D eigenvalue weighted by Gasteiger charge is -2.29. The first-order valence-electron chi connectivity index (χ1n) is 6.82. The molecule has 2 rings (SSSR count). The van der Waals surface area contributed by atoms with E-state index in [0.29, 0.717) is 13.1 Å². The Bertz CT molecular complexity index is 512. The molecule has 0 bridgehead atoms. The van der Waals surface area contributed by atoms with Crippen LogP contribution in [-0.4, -0.2) is 39.5 Å². The quantitative estimate of drug-likeness (QED) is 0.787. The second kappa shape index (κ2) is 7.19. The number of benzene rings is 1. The molecule has 0 radical (unpaired) electrons. The fourth-order valence-corrected chi connectivity index (χ4v) is 2.40. The Kier molecular flexibility index (Phi) is 5.29. The van der Waals surface area contributed by atoms with Gasteiger partial charge in [-0.05, 0) is 5.56 Å². The minimum atomic E-state index is 0.0658. The standard InChI is InChI=1S/C15H22N4O/c1-18-12-14(10-17-18)15(9-16)19(7-8-20)11-13-5-3-2-4-6-13/h2-6,10,12,15,20H,7-9,11,16H2,1H3. The van der Waals surface area contributed by atoms with Crippen LogP contribution in [0.5, 0.6) is 0 Å². The summed E-state index contributed by atoms with van der Waals surface area (Å²) in [6, 6.07) is 10.3. The van der Waals surface area contributed by atoms with E-state index in [0.717, 1.165) is 12.1 Å². The Morgan fingerprint density at radius 3 is 2.65 bits per heavy atom. The van der Waals surface area contributed by atoms with Gasteiger partial charge < -0.3 is 10.8 Å². The van der Waals surface area contributed by atoms with E-state index in [1.54, 1.807) is 4.68 Å². The van der Waals surface area contributed by atoms with Crippen molar-refractivity contribution in [3.05, 3.63) is 53.9 Å². The normalized spacial score (nSPS) is 12.8. The molecule has 0 aliphatic heterocycles. The van der Waals surface area contributed by atoms with Gasteiger partial charge in [-0.2, -0.15) is 5.10 Å². The molecule has 0 aliphatic rings. The number of aliphatic hydroxyl groups excluding tert-OH is 1. The van der Waals surface area contributed by atoms with Gasteiger partial charge in [-0.25, -0.2) is 0 Å². The first-order valence-corrected chi connectivity index (χ1v) is 6.82. The molecule has 1 unspecified atom stereocenters. The minimum Gasteiger partial charge on any atom is -0.395 e. The van der Waals surface area contributed by atoms with E-state index in [-0.39, 0.29) is 12.6 Å². The van der Waals surface area contributed by atoms with E-state index >= 15 is 0 Å². The highest BCUT2D eigenvalue weighted by molar-refractivity contribution is 5.16. The summed E-state index contributed by atoms with van der Waals surface area (Å²) >= 11 is 0. The van der Waals surface area contributed by atoms with E-state index < -0.39 is 0 Å². The summed E-state index contributed by atoms with van der Waals surface area (Å²) in [5.41, 5.74) is 8.23. The minimum absolute atomic E-state index is 0.0658. The first-order chi connectivity index (χ1) is 9.74. The van der Waals surface area contributed by atoms with Crippen LogP contribution in [0.25, 0.3) is 0 Å². The third kappa shape index (κ3) is 3.66. The molecule has 1 atom stereocenters. The molecule has 0 amide bonds. The summed E-state index contributed by atoms with van der Waals surface area (Å²) in [5, 5.41) is 13.5. The molecule has 1 heterocycles. The van der Waals surface area contributed by atoms with Gasteiger partial charge in [-0.15, -0.1) is 0 Å². The predicted molar refractivity (Wildman–Crippen MR) is 78.9 cm³/mol. The molecule has 0 saturated carbocycles. The van der Waals surface area contributed by atoms with E-state index in [9.17, 15) is 5.11 Å². The second-order valence-electron chi connectivity index (χ2n) is 4.88. The monoisotopic (exact) mass is 274 g/mol. The van der Waals surface area contributed by atoms with Crippen LogP contribution in [0, 0.1) is 0 Å². The van der Waals surface area contributed by atoms with Crippen LogP contribution < -0.4 is 5.73 Å². The van der Waals surface area contributed by atoms with Crippen molar-refractivity contribution in [3.8, 4) is 0 Å². The first kappa shape index (κ1) is 14.7. The topological polar surface area (TPSA) is 67.3 Å². The smallest absolute Gasteiger partial charge is 0.0558 e. The summed E-state index contributed by atoms with van der Waals surface area (Å²) in [7, 11) is 1.89. The summed E-state index contributed by atoms with van der Waals surface area (Å²) in [5.74, 6) is 0. The zero-order chi connectivity index (χ0) is 14.4. The van der Waals surface area contributed by atoms with Gasteiger partial charge in [0.15, 0.2) is 0 Å². The number of aliphatic hydroxyl groups is 1. The second-order valence-corrected chi connectivity index (χ2v) is 4.88. The Morgan fingerprint density at radius 2 is 2.10 bits per heavy atom. The summed E-state index contributed by atoms with van der Waals surface area (Å²) in [6.45, 7) is 1.96. The fraction of sp³-hybridized carbons (Fsp3) is 0.400. The lowest BCUT2D eigenvalue weighted by atomic mass is 10.1. The third-order valence-electron chi connectivity index (χ3n) is 3.39. The van der Waals surface area contributed by atoms with E-state index in [4.69, 9.17) is 5.73 Å². The Balaban J connectivity index is 2.17. The van der Waals surface area contributed by atoms with Crippen LogP contribution in [-0.2, 0) is 13.6 Å². The molecule has 0 saturated heterocycles. The molecule has 5 heteroatoms. The third-order valence-corrected chi connectivity index (χ3v) is 3.39. The molecule has 0 aliphatic carbocycles. The van der Waals surface area contributed by atoms with Crippen molar-refractivity contribution < 1.29 is 5.11 Å². The number of hydrogen-bond acceptors (Lipinski definition) is 4. The molecule has 1 aromatic heterocycles. The summed E-state index contributed by atoms with van der Waals surface area (Å²) in [6.07, 6.45) is 3.82. The molecular formula is C15H22N4O. The maximum atomic E-state index is 9.31. The van der Waals surface area contributed by atoms with E-state index in [1.165, 1.54) is 5.56 Å². The lowest BCUT2D eigenvalue weighted by molar-refractivity contribution is 0.146. The molecule has 2 aromatic rings. The molecule has 1 aromatic carbocycles. The van der Waals surface area contributed by atoms with Gasteiger partial charge in [-0.1, -0.05) is 30.3 Å². The predicted octanol–water partition coefficient (Wildman–Crippen LogP) is 0.914. The molecule has 0 fully saturated rings. The summed E-state index contributed by atoms with van der Waals surface area (Å²) < 4.78 is 1.78. The maximum Gasteiger partial charge on any atom is 0.0558 e. The average molecular weight is 274 g/mol. The SMILES string of the molecule is Cn1cc(C(CN)N(CCO)Cc2ccccc2)cn1. The summed E-state index contributed by atoms with van der Waals surface area (Å²) in [4.78, 5) is 2.19. The Hall–Kier alpha value is -1.69. The van der Waals surface area contributed by atoms with E-state index in [1.807, 2.05) is 37.6 Å². The molecule has 5 nitrogen and oxygen atoms in total. The largest absolute Gasteiger partial charge is 0.395 e. The highest BCUT2D eigenvalue weighted by Crippen LogP contribution is 2.21. The van der Waals surface area contributed by atoms with Crippen LogP contribution in [0.1, 0.15) is 17.2 Å². The number of nitrogens with zero attached hydrogens (tertiary/aromatic N) is 3. The van der Waals surface area contributed by atoms with Crippen molar-refractivity contribution in [1.82, 2.24) is 14.7 Å². The van der Waals surface area contributed by atoms with Crippen molar-refractivity contribution in [1.29, 1.82) is 0 Å².